The molecule has 0 heterocycles. The zero-order valence-corrected chi connectivity index (χ0v) is 10.1. The van der Waals surface area contributed by atoms with Gasteiger partial charge >= 0.3 is 0 Å². The highest BCUT2D eigenvalue weighted by atomic mass is 19.1. The van der Waals surface area contributed by atoms with Crippen molar-refractivity contribution in [3.8, 4) is 0 Å². The molecular weight excluding hydrogens is 210 g/mol. The van der Waals surface area contributed by atoms with Gasteiger partial charge in [-0.1, -0.05) is 47.9 Å². The molecule has 2 heteroatoms. The van der Waals surface area contributed by atoms with Crippen molar-refractivity contribution in [1.82, 2.24) is 0 Å². The van der Waals surface area contributed by atoms with Gasteiger partial charge < -0.3 is 0 Å². The van der Waals surface area contributed by atoms with E-state index in [1.807, 2.05) is 18.2 Å². The van der Waals surface area contributed by atoms with E-state index in [0.717, 1.165) is 30.3 Å². The van der Waals surface area contributed by atoms with Crippen molar-refractivity contribution in [2.75, 3.05) is 0 Å². The van der Waals surface area contributed by atoms with Crippen LogP contribution in [0.5, 0.6) is 0 Å². The first-order valence-electron chi connectivity index (χ1n) is 6.04. The van der Waals surface area contributed by atoms with Gasteiger partial charge in [0.1, 0.15) is 13.7 Å². The zero-order valence-electron chi connectivity index (χ0n) is 10.1. The molecule has 2 aromatic rings. The molecule has 0 amide bonds. The van der Waals surface area contributed by atoms with Crippen LogP contribution in [0.1, 0.15) is 17.5 Å². The largest absolute Gasteiger partial charge is 0.208 e. The van der Waals surface area contributed by atoms with E-state index in [-0.39, 0.29) is 5.82 Å². The van der Waals surface area contributed by atoms with Gasteiger partial charge in [0.15, 0.2) is 0 Å². The summed E-state index contributed by atoms with van der Waals surface area (Å²) in [5.41, 5.74) is 3.15. The molecule has 0 aliphatic carbocycles. The van der Waals surface area contributed by atoms with Crippen molar-refractivity contribution in [3.63, 3.8) is 0 Å². The predicted molar refractivity (Wildman–Crippen MR) is 73.0 cm³/mol. The molecule has 0 aromatic heterocycles. The summed E-state index contributed by atoms with van der Waals surface area (Å²) in [6.07, 6.45) is 3.05. The van der Waals surface area contributed by atoms with Crippen LogP contribution >= 0.6 is 0 Å². The molecule has 17 heavy (non-hydrogen) atoms. The summed E-state index contributed by atoms with van der Waals surface area (Å²) < 4.78 is 13.3. The topological polar surface area (TPSA) is 0 Å². The highest BCUT2D eigenvalue weighted by Crippen LogP contribution is 2.08. The Labute approximate surface area is 103 Å². The molecule has 0 aliphatic rings. The van der Waals surface area contributed by atoms with E-state index in [1.165, 1.54) is 5.56 Å². The van der Waals surface area contributed by atoms with Gasteiger partial charge in [0.05, 0.1) is 0 Å². The molecule has 0 nitrogen and oxygen atoms in total. The fourth-order valence-electron chi connectivity index (χ4n) is 1.93. The Morgan fingerprint density at radius 3 is 2.29 bits per heavy atom. The Hall–Kier alpha value is -1.57. The molecular formula is C15H16BF. The lowest BCUT2D eigenvalue weighted by Gasteiger charge is -2.04. The van der Waals surface area contributed by atoms with Gasteiger partial charge in [-0.15, -0.1) is 0 Å². The average molecular weight is 226 g/mol. The van der Waals surface area contributed by atoms with Crippen LogP contribution in [0, 0.1) is 5.82 Å². The van der Waals surface area contributed by atoms with Gasteiger partial charge in [0, 0.05) is 0 Å². The smallest absolute Gasteiger partial charge is 0.143 e. The van der Waals surface area contributed by atoms with Crippen molar-refractivity contribution >= 4 is 13.3 Å². The monoisotopic (exact) mass is 226 g/mol. The molecule has 0 unspecified atom stereocenters. The molecule has 0 spiro atoms. The predicted octanol–water partition coefficient (Wildman–Crippen LogP) is 2.26. The molecule has 0 saturated heterocycles. The lowest BCUT2D eigenvalue weighted by Crippen LogP contribution is -2.08. The Morgan fingerprint density at radius 1 is 0.882 bits per heavy atom. The lowest BCUT2D eigenvalue weighted by molar-refractivity contribution is 0.632. The van der Waals surface area contributed by atoms with E-state index in [4.69, 9.17) is 0 Å². The maximum Gasteiger partial charge on any atom is 0.143 e. The van der Waals surface area contributed by atoms with Gasteiger partial charge in [-0.25, -0.2) is 4.39 Å². The maximum absolute atomic E-state index is 13.3. The van der Waals surface area contributed by atoms with Crippen molar-refractivity contribution in [1.29, 1.82) is 0 Å². The fourth-order valence-corrected chi connectivity index (χ4v) is 1.93. The minimum Gasteiger partial charge on any atom is -0.208 e. The molecule has 0 aliphatic heterocycles. The standard InChI is InChI=1S/C15H16BF/c16-14-10-9-13(11-15(14)17)8-4-7-12-5-2-1-3-6-12/h1-3,5-6,9-11H,4,7-8,16H2. The molecule has 2 aromatic carbocycles. The SMILES string of the molecule is Bc1ccc(CCCc2ccccc2)cc1F. The maximum atomic E-state index is 13.3. The fraction of sp³-hybridized carbons (Fsp3) is 0.200. The van der Waals surface area contributed by atoms with Crippen molar-refractivity contribution < 1.29 is 4.39 Å². The number of rotatable bonds is 4. The van der Waals surface area contributed by atoms with Gasteiger partial charge in [-0.2, -0.15) is 0 Å². The van der Waals surface area contributed by atoms with Crippen LogP contribution in [0.25, 0.3) is 0 Å². The average Bonchev–Trinajstić information content (AvgIpc) is 2.35. The number of hydrogen-bond acceptors (Lipinski definition) is 0. The van der Waals surface area contributed by atoms with E-state index < -0.39 is 0 Å². The van der Waals surface area contributed by atoms with Crippen LogP contribution in [0.4, 0.5) is 4.39 Å². The third-order valence-electron chi connectivity index (χ3n) is 3.01. The second kappa shape index (κ2) is 5.67. The number of benzene rings is 2. The Bertz CT molecular complexity index is 480. The summed E-state index contributed by atoms with van der Waals surface area (Å²) in [5.74, 6) is -0.0952. The molecule has 0 bridgehead atoms. The molecule has 2 rings (SSSR count). The van der Waals surface area contributed by atoms with Crippen LogP contribution in [0.15, 0.2) is 48.5 Å². The highest BCUT2D eigenvalue weighted by molar-refractivity contribution is 6.32. The van der Waals surface area contributed by atoms with Gasteiger partial charge in [0.25, 0.3) is 0 Å². The van der Waals surface area contributed by atoms with E-state index in [2.05, 4.69) is 24.3 Å². The van der Waals surface area contributed by atoms with Crippen molar-refractivity contribution in [3.05, 3.63) is 65.5 Å². The van der Waals surface area contributed by atoms with E-state index in [9.17, 15) is 4.39 Å². The Morgan fingerprint density at radius 2 is 1.59 bits per heavy atom. The molecule has 0 radical (unpaired) electrons. The van der Waals surface area contributed by atoms with Gasteiger partial charge in [-0.3, -0.25) is 0 Å². The van der Waals surface area contributed by atoms with E-state index >= 15 is 0 Å². The third-order valence-corrected chi connectivity index (χ3v) is 3.01. The second-order valence-corrected chi connectivity index (χ2v) is 4.42. The number of halogens is 1. The number of hydrogen-bond donors (Lipinski definition) is 0. The third kappa shape index (κ3) is 3.45. The molecule has 86 valence electrons. The summed E-state index contributed by atoms with van der Waals surface area (Å²) in [6, 6.07) is 15.9. The van der Waals surface area contributed by atoms with Crippen LogP contribution in [-0.4, -0.2) is 7.85 Å². The Kier molecular flexibility index (Phi) is 3.97. The lowest BCUT2D eigenvalue weighted by atomic mass is 9.93. The summed E-state index contributed by atoms with van der Waals surface area (Å²) in [6.45, 7) is 0. The van der Waals surface area contributed by atoms with Crippen LogP contribution in [-0.2, 0) is 12.8 Å². The number of aryl methyl sites for hydroxylation is 2. The minimum absolute atomic E-state index is 0.0952. The first kappa shape index (κ1) is 11.9. The van der Waals surface area contributed by atoms with Crippen LogP contribution in [0.3, 0.4) is 0 Å². The molecule has 0 N–H and O–H groups in total. The first-order chi connectivity index (χ1) is 8.25. The second-order valence-electron chi connectivity index (χ2n) is 4.42. The zero-order chi connectivity index (χ0) is 12.1. The van der Waals surface area contributed by atoms with Crippen molar-refractivity contribution in [2.24, 2.45) is 0 Å². The summed E-state index contributed by atoms with van der Waals surface area (Å²) in [5, 5.41) is 0. The first-order valence-corrected chi connectivity index (χ1v) is 6.04. The molecule has 0 saturated carbocycles. The van der Waals surface area contributed by atoms with Crippen LogP contribution in [0.2, 0.25) is 0 Å². The quantitative estimate of drug-likeness (QED) is 0.701. The van der Waals surface area contributed by atoms with Gasteiger partial charge in [-0.05, 0) is 36.5 Å². The van der Waals surface area contributed by atoms with Gasteiger partial charge in [0.2, 0.25) is 0 Å². The van der Waals surface area contributed by atoms with E-state index in [1.54, 1.807) is 13.9 Å². The van der Waals surface area contributed by atoms with Crippen LogP contribution < -0.4 is 5.46 Å². The summed E-state index contributed by atoms with van der Waals surface area (Å²) in [7, 11) is 1.79. The Balaban J connectivity index is 1.88. The summed E-state index contributed by atoms with van der Waals surface area (Å²) >= 11 is 0. The van der Waals surface area contributed by atoms with Crippen molar-refractivity contribution in [2.45, 2.75) is 19.3 Å². The molecule has 0 atom stereocenters. The normalized spacial score (nSPS) is 10.4. The molecule has 0 fully saturated rings. The summed E-state index contributed by atoms with van der Waals surface area (Å²) in [4.78, 5) is 0. The highest BCUT2D eigenvalue weighted by Gasteiger charge is 1.99. The minimum atomic E-state index is -0.0952. The van der Waals surface area contributed by atoms with E-state index in [0.29, 0.717) is 0 Å².